The lowest BCUT2D eigenvalue weighted by molar-refractivity contribution is -0.109. The van der Waals surface area contributed by atoms with Crippen LogP contribution in [0.5, 0.6) is 0 Å². The van der Waals surface area contributed by atoms with E-state index >= 15 is 0 Å². The first-order valence-corrected chi connectivity index (χ1v) is 4.57. The number of aliphatic hydroxyl groups excluding tert-OH is 2. The minimum Gasteiger partial charge on any atom is -0.396 e. The Morgan fingerprint density at radius 2 is 1.93 bits per heavy atom. The Labute approximate surface area is 83.0 Å². The van der Waals surface area contributed by atoms with Crippen molar-refractivity contribution in [3.05, 3.63) is 35.9 Å². The lowest BCUT2D eigenvalue weighted by Gasteiger charge is -2.19. The Morgan fingerprint density at radius 3 is 2.43 bits per heavy atom. The van der Waals surface area contributed by atoms with Gasteiger partial charge in [-0.3, -0.25) is 0 Å². The van der Waals surface area contributed by atoms with Gasteiger partial charge in [0.25, 0.3) is 0 Å². The third kappa shape index (κ3) is 2.65. The fourth-order valence-electron chi connectivity index (χ4n) is 1.41. The predicted molar refractivity (Wildman–Crippen MR) is 53.0 cm³/mol. The molecule has 1 aromatic carbocycles. The molecule has 0 aliphatic rings. The summed E-state index contributed by atoms with van der Waals surface area (Å²) in [6, 6.07) is 9.20. The van der Waals surface area contributed by atoms with Crippen molar-refractivity contribution in [2.24, 2.45) is 0 Å². The van der Waals surface area contributed by atoms with Crippen LogP contribution in [0.15, 0.2) is 30.3 Å². The zero-order valence-electron chi connectivity index (χ0n) is 7.84. The Hall–Kier alpha value is -1.19. The van der Waals surface area contributed by atoms with Crippen molar-refractivity contribution in [2.45, 2.75) is 18.4 Å². The monoisotopic (exact) mass is 194 g/mol. The molecule has 0 fully saturated rings. The third-order valence-corrected chi connectivity index (χ3v) is 2.23. The fourth-order valence-corrected chi connectivity index (χ4v) is 1.41. The van der Waals surface area contributed by atoms with Crippen LogP contribution in [-0.2, 0) is 4.79 Å². The second-order valence-corrected chi connectivity index (χ2v) is 3.17. The zero-order chi connectivity index (χ0) is 10.4. The van der Waals surface area contributed by atoms with E-state index in [2.05, 4.69) is 0 Å². The molecule has 2 unspecified atom stereocenters. The highest BCUT2D eigenvalue weighted by molar-refractivity contribution is 5.50. The van der Waals surface area contributed by atoms with Crippen LogP contribution in [0.1, 0.15) is 17.9 Å². The molecule has 0 saturated carbocycles. The number of benzene rings is 1. The smallest absolute Gasteiger partial charge is 0.122 e. The van der Waals surface area contributed by atoms with Crippen LogP contribution < -0.4 is 0 Å². The molecule has 0 aromatic heterocycles. The molecule has 0 aliphatic heterocycles. The first-order valence-electron chi connectivity index (χ1n) is 4.57. The van der Waals surface area contributed by atoms with Gasteiger partial charge in [0.1, 0.15) is 6.29 Å². The van der Waals surface area contributed by atoms with Crippen molar-refractivity contribution in [3.63, 3.8) is 0 Å². The minimum absolute atomic E-state index is 0.0557. The molecule has 3 heteroatoms. The van der Waals surface area contributed by atoms with E-state index in [4.69, 9.17) is 5.11 Å². The average Bonchev–Trinajstić information content (AvgIpc) is 2.21. The van der Waals surface area contributed by atoms with Crippen LogP contribution in [0.3, 0.4) is 0 Å². The fraction of sp³-hybridized carbons (Fsp3) is 0.364. The SMILES string of the molecule is O=CCC(O)C(CO)c1ccccc1. The van der Waals surface area contributed by atoms with Crippen LogP contribution in [0.2, 0.25) is 0 Å². The van der Waals surface area contributed by atoms with E-state index in [9.17, 15) is 9.90 Å². The molecular weight excluding hydrogens is 180 g/mol. The van der Waals surface area contributed by atoms with Gasteiger partial charge in [-0.25, -0.2) is 0 Å². The average molecular weight is 194 g/mol. The van der Waals surface area contributed by atoms with Gasteiger partial charge >= 0.3 is 0 Å². The molecule has 2 N–H and O–H groups in total. The standard InChI is InChI=1S/C11H14O3/c12-7-6-11(14)10(8-13)9-4-2-1-3-5-9/h1-5,7,10-11,13-14H,6,8H2. The van der Waals surface area contributed by atoms with Gasteiger partial charge in [-0.05, 0) is 5.56 Å². The summed E-state index contributed by atoms with van der Waals surface area (Å²) >= 11 is 0. The van der Waals surface area contributed by atoms with Crippen molar-refractivity contribution in [1.29, 1.82) is 0 Å². The Morgan fingerprint density at radius 1 is 1.29 bits per heavy atom. The van der Waals surface area contributed by atoms with E-state index in [0.29, 0.717) is 6.29 Å². The summed E-state index contributed by atoms with van der Waals surface area (Å²) < 4.78 is 0. The van der Waals surface area contributed by atoms with Crippen LogP contribution in [0.25, 0.3) is 0 Å². The number of carbonyl (C=O) groups is 1. The van der Waals surface area contributed by atoms with Crippen molar-refractivity contribution < 1.29 is 15.0 Å². The van der Waals surface area contributed by atoms with Crippen molar-refractivity contribution in [1.82, 2.24) is 0 Å². The summed E-state index contributed by atoms with van der Waals surface area (Å²) in [6.07, 6.45) is -0.0870. The molecule has 14 heavy (non-hydrogen) atoms. The number of rotatable bonds is 5. The maximum absolute atomic E-state index is 10.2. The molecule has 0 bridgehead atoms. The largest absolute Gasteiger partial charge is 0.396 e. The Balaban J connectivity index is 2.76. The third-order valence-electron chi connectivity index (χ3n) is 2.23. The summed E-state index contributed by atoms with van der Waals surface area (Å²) in [5.41, 5.74) is 0.851. The second kappa shape index (κ2) is 5.52. The lowest BCUT2D eigenvalue weighted by Crippen LogP contribution is -2.22. The Bertz CT molecular complexity index is 271. The second-order valence-electron chi connectivity index (χ2n) is 3.17. The summed E-state index contributed by atoms with van der Waals surface area (Å²) in [5.74, 6) is -0.374. The molecule has 0 saturated heterocycles. The van der Waals surface area contributed by atoms with Gasteiger partial charge in [-0.15, -0.1) is 0 Å². The van der Waals surface area contributed by atoms with Gasteiger partial charge in [0.15, 0.2) is 0 Å². The lowest BCUT2D eigenvalue weighted by atomic mass is 9.93. The summed E-state index contributed by atoms with van der Waals surface area (Å²) in [7, 11) is 0. The topological polar surface area (TPSA) is 57.5 Å². The van der Waals surface area contributed by atoms with Crippen molar-refractivity contribution in [2.75, 3.05) is 6.61 Å². The molecule has 0 heterocycles. The Kier molecular flexibility index (Phi) is 4.29. The molecule has 2 atom stereocenters. The number of aliphatic hydroxyl groups is 2. The van der Waals surface area contributed by atoms with Crippen LogP contribution in [0.4, 0.5) is 0 Å². The maximum atomic E-state index is 10.2. The highest BCUT2D eigenvalue weighted by Gasteiger charge is 2.19. The predicted octanol–water partition coefficient (Wildman–Crippen LogP) is 0.712. The van der Waals surface area contributed by atoms with E-state index < -0.39 is 6.10 Å². The van der Waals surface area contributed by atoms with Crippen LogP contribution >= 0.6 is 0 Å². The molecular formula is C11H14O3. The van der Waals surface area contributed by atoms with E-state index in [1.54, 1.807) is 0 Å². The molecule has 3 nitrogen and oxygen atoms in total. The summed E-state index contributed by atoms with van der Waals surface area (Å²) in [6.45, 7) is -0.154. The van der Waals surface area contributed by atoms with Gasteiger partial charge in [0.2, 0.25) is 0 Å². The quantitative estimate of drug-likeness (QED) is 0.679. The highest BCUT2D eigenvalue weighted by Crippen LogP contribution is 2.20. The highest BCUT2D eigenvalue weighted by atomic mass is 16.3. The van der Waals surface area contributed by atoms with Crippen molar-refractivity contribution >= 4 is 6.29 Å². The van der Waals surface area contributed by atoms with Crippen LogP contribution in [-0.4, -0.2) is 29.2 Å². The van der Waals surface area contributed by atoms with Gasteiger partial charge in [-0.2, -0.15) is 0 Å². The number of aldehydes is 1. The molecule has 0 aliphatic carbocycles. The summed E-state index contributed by atoms with van der Waals surface area (Å²) in [5, 5.41) is 18.7. The molecule has 1 rings (SSSR count). The number of carbonyl (C=O) groups excluding carboxylic acids is 1. The summed E-state index contributed by atoms with van der Waals surface area (Å²) in [4.78, 5) is 10.2. The van der Waals surface area contributed by atoms with Gasteiger partial charge in [0.05, 0.1) is 12.7 Å². The molecule has 76 valence electrons. The first-order chi connectivity index (χ1) is 6.79. The van der Waals surface area contributed by atoms with Crippen LogP contribution in [0, 0.1) is 0 Å². The molecule has 0 spiro atoms. The van der Waals surface area contributed by atoms with E-state index in [-0.39, 0.29) is 18.9 Å². The maximum Gasteiger partial charge on any atom is 0.122 e. The first kappa shape index (κ1) is 10.9. The molecule has 0 radical (unpaired) electrons. The molecule has 0 amide bonds. The number of hydrogen-bond acceptors (Lipinski definition) is 3. The van der Waals surface area contributed by atoms with E-state index in [1.165, 1.54) is 0 Å². The minimum atomic E-state index is -0.806. The number of hydrogen-bond donors (Lipinski definition) is 2. The molecule has 1 aromatic rings. The van der Waals surface area contributed by atoms with Crippen molar-refractivity contribution in [3.8, 4) is 0 Å². The van der Waals surface area contributed by atoms with E-state index in [0.717, 1.165) is 5.56 Å². The van der Waals surface area contributed by atoms with Gasteiger partial charge < -0.3 is 15.0 Å². The van der Waals surface area contributed by atoms with Gasteiger partial charge in [-0.1, -0.05) is 30.3 Å². The van der Waals surface area contributed by atoms with Gasteiger partial charge in [0, 0.05) is 12.3 Å². The normalized spacial score (nSPS) is 14.7. The van der Waals surface area contributed by atoms with E-state index in [1.807, 2.05) is 30.3 Å². The zero-order valence-corrected chi connectivity index (χ0v) is 7.84.